The van der Waals surface area contributed by atoms with Crippen molar-refractivity contribution in [1.82, 2.24) is 4.90 Å². The van der Waals surface area contributed by atoms with Gasteiger partial charge < -0.3 is 14.2 Å². The summed E-state index contributed by atoms with van der Waals surface area (Å²) in [6.45, 7) is 6.59. The van der Waals surface area contributed by atoms with Gasteiger partial charge in [-0.3, -0.25) is 14.4 Å². The van der Waals surface area contributed by atoms with Gasteiger partial charge in [-0.25, -0.2) is 0 Å². The summed E-state index contributed by atoms with van der Waals surface area (Å²) < 4.78 is 5.77. The van der Waals surface area contributed by atoms with E-state index in [2.05, 4.69) is 0 Å². The molecule has 0 bridgehead atoms. The Bertz CT molecular complexity index is 928. The number of carbonyl (C=O) groups is 3. The van der Waals surface area contributed by atoms with Crippen LogP contribution in [0.25, 0.3) is 0 Å². The van der Waals surface area contributed by atoms with E-state index in [-0.39, 0.29) is 5.78 Å². The molecule has 0 radical (unpaired) electrons. The number of carbonyl (C=O) groups excluding carboxylic acids is 3. The van der Waals surface area contributed by atoms with Crippen molar-refractivity contribution in [3.05, 3.63) is 58.5 Å². The Balaban J connectivity index is 2.06. The fraction of sp³-hybridized carbons (Fsp3) is 0.409. The molecule has 1 aliphatic rings. The molecule has 1 aromatic heterocycles. The molecule has 1 aliphatic heterocycles. The summed E-state index contributed by atoms with van der Waals surface area (Å²) in [4.78, 5) is 41.7. The van der Waals surface area contributed by atoms with Crippen molar-refractivity contribution >= 4 is 17.5 Å². The van der Waals surface area contributed by atoms with Crippen LogP contribution in [0, 0.1) is 26.7 Å². The second kappa shape index (κ2) is 7.72. The van der Waals surface area contributed by atoms with E-state index in [0.29, 0.717) is 30.2 Å². The SMILES string of the molecule is Cc1ccc(C)c(C(=O)C2C(=O)C(=O)N(CC[NH+](C)C)C2c2ccc(C)o2)c1. The Morgan fingerprint density at radius 1 is 1.11 bits per heavy atom. The van der Waals surface area contributed by atoms with Gasteiger partial charge in [0, 0.05) is 5.56 Å². The average Bonchev–Trinajstić information content (AvgIpc) is 3.16. The molecule has 6 nitrogen and oxygen atoms in total. The lowest BCUT2D eigenvalue weighted by Gasteiger charge is -2.25. The highest BCUT2D eigenvalue weighted by Crippen LogP contribution is 2.39. The summed E-state index contributed by atoms with van der Waals surface area (Å²) in [5.74, 6) is -1.51. The van der Waals surface area contributed by atoms with Gasteiger partial charge in [0.25, 0.3) is 5.91 Å². The number of benzene rings is 1. The Hall–Kier alpha value is -2.73. The summed E-state index contributed by atoms with van der Waals surface area (Å²) in [6.07, 6.45) is 0. The normalized spacial score (nSPS) is 19.7. The van der Waals surface area contributed by atoms with Crippen LogP contribution < -0.4 is 4.90 Å². The van der Waals surface area contributed by atoms with Crippen LogP contribution >= 0.6 is 0 Å². The van der Waals surface area contributed by atoms with Crippen LogP contribution in [0.5, 0.6) is 0 Å². The van der Waals surface area contributed by atoms with Crippen molar-refractivity contribution in [2.45, 2.75) is 26.8 Å². The molecule has 6 heteroatoms. The van der Waals surface area contributed by atoms with E-state index in [1.807, 2.05) is 40.1 Å². The molecule has 1 fully saturated rings. The maximum atomic E-state index is 13.4. The first-order valence-corrected chi connectivity index (χ1v) is 9.52. The van der Waals surface area contributed by atoms with Crippen molar-refractivity contribution in [3.8, 4) is 0 Å². The third-order valence-electron chi connectivity index (χ3n) is 5.25. The Morgan fingerprint density at radius 3 is 2.43 bits per heavy atom. The number of quaternary nitrogens is 1. The van der Waals surface area contributed by atoms with Gasteiger partial charge in [-0.1, -0.05) is 17.7 Å². The summed E-state index contributed by atoms with van der Waals surface area (Å²) in [7, 11) is 3.96. The standard InChI is InChI=1S/C22H26N2O4/c1-13-6-7-14(2)16(12-13)20(25)18-19(17-9-8-15(3)28-17)24(11-10-23(4)5)22(27)21(18)26/h6-9,12,18-19H,10-11H2,1-5H3/p+1. The second-order valence-corrected chi connectivity index (χ2v) is 7.87. The van der Waals surface area contributed by atoms with Crippen molar-refractivity contribution < 1.29 is 23.7 Å². The van der Waals surface area contributed by atoms with Gasteiger partial charge in [0.1, 0.15) is 23.5 Å². The molecule has 1 amide bonds. The number of likely N-dealkylation sites (tertiary alicyclic amines) is 1. The fourth-order valence-electron chi connectivity index (χ4n) is 3.67. The number of hydrogen-bond acceptors (Lipinski definition) is 4. The highest BCUT2D eigenvalue weighted by molar-refractivity contribution is 6.44. The first-order valence-electron chi connectivity index (χ1n) is 9.52. The highest BCUT2D eigenvalue weighted by Gasteiger charge is 2.53. The third kappa shape index (κ3) is 3.64. The minimum absolute atomic E-state index is 0.321. The molecule has 1 aromatic carbocycles. The quantitative estimate of drug-likeness (QED) is 0.464. The largest absolute Gasteiger partial charge is 0.464 e. The van der Waals surface area contributed by atoms with E-state index in [1.54, 1.807) is 25.1 Å². The number of nitrogens with zero attached hydrogens (tertiary/aromatic N) is 1. The topological polar surface area (TPSA) is 72.0 Å². The van der Waals surface area contributed by atoms with Gasteiger partial charge in [-0.05, 0) is 44.5 Å². The second-order valence-electron chi connectivity index (χ2n) is 7.87. The third-order valence-corrected chi connectivity index (χ3v) is 5.25. The van der Waals surface area contributed by atoms with Crippen molar-refractivity contribution in [3.63, 3.8) is 0 Å². The number of amides is 1. The first kappa shape index (κ1) is 20.0. The summed E-state index contributed by atoms with van der Waals surface area (Å²) >= 11 is 0. The summed E-state index contributed by atoms with van der Waals surface area (Å²) in [6, 6.07) is 8.41. The van der Waals surface area contributed by atoms with Crippen LogP contribution in [0.3, 0.4) is 0 Å². The number of hydrogen-bond donors (Lipinski definition) is 1. The monoisotopic (exact) mass is 383 g/mol. The molecule has 1 N–H and O–H groups in total. The summed E-state index contributed by atoms with van der Waals surface area (Å²) in [5.41, 5.74) is 2.21. The predicted molar refractivity (Wildman–Crippen MR) is 104 cm³/mol. The number of Topliss-reactive ketones (excluding diaryl/α,β-unsaturated/α-hetero) is 2. The van der Waals surface area contributed by atoms with Crippen molar-refractivity contribution in [2.75, 3.05) is 27.2 Å². The molecular weight excluding hydrogens is 356 g/mol. The lowest BCUT2D eigenvalue weighted by Crippen LogP contribution is -3.06. The van der Waals surface area contributed by atoms with Gasteiger partial charge in [-0.2, -0.15) is 0 Å². The highest BCUT2D eigenvalue weighted by atomic mass is 16.3. The molecule has 2 atom stereocenters. The summed E-state index contributed by atoms with van der Waals surface area (Å²) in [5, 5.41) is 0. The van der Waals surface area contributed by atoms with E-state index < -0.39 is 23.7 Å². The molecule has 3 rings (SSSR count). The van der Waals surface area contributed by atoms with Gasteiger partial charge in [0.05, 0.1) is 27.2 Å². The van der Waals surface area contributed by atoms with Gasteiger partial charge >= 0.3 is 0 Å². The number of rotatable bonds is 6. The molecule has 0 aliphatic carbocycles. The average molecular weight is 383 g/mol. The van der Waals surface area contributed by atoms with Crippen LogP contribution in [0.4, 0.5) is 0 Å². The first-order chi connectivity index (χ1) is 13.2. The number of nitrogens with one attached hydrogen (secondary N) is 1. The van der Waals surface area contributed by atoms with Crippen LogP contribution in [-0.4, -0.2) is 49.6 Å². The molecular formula is C22H27N2O4+. The zero-order chi connectivity index (χ0) is 20.6. The van der Waals surface area contributed by atoms with E-state index in [1.165, 1.54) is 4.90 Å². The van der Waals surface area contributed by atoms with Crippen molar-refractivity contribution in [2.24, 2.45) is 5.92 Å². The van der Waals surface area contributed by atoms with Gasteiger partial charge in [0.2, 0.25) is 5.78 Å². The molecule has 1 saturated heterocycles. The molecule has 148 valence electrons. The molecule has 2 unspecified atom stereocenters. The maximum absolute atomic E-state index is 13.4. The predicted octanol–water partition coefficient (Wildman–Crippen LogP) is 1.30. The lowest BCUT2D eigenvalue weighted by atomic mass is 9.86. The lowest BCUT2D eigenvalue weighted by molar-refractivity contribution is -0.857. The van der Waals surface area contributed by atoms with Crippen LogP contribution in [0.15, 0.2) is 34.7 Å². The molecule has 0 spiro atoms. The van der Waals surface area contributed by atoms with Crippen LogP contribution in [0.2, 0.25) is 0 Å². The molecule has 0 saturated carbocycles. The number of likely N-dealkylation sites (N-methyl/N-ethyl adjacent to an activating group) is 1. The Morgan fingerprint density at radius 2 is 1.82 bits per heavy atom. The van der Waals surface area contributed by atoms with Crippen molar-refractivity contribution in [1.29, 1.82) is 0 Å². The maximum Gasteiger partial charge on any atom is 0.291 e. The zero-order valence-electron chi connectivity index (χ0n) is 17.0. The van der Waals surface area contributed by atoms with Crippen LogP contribution in [-0.2, 0) is 9.59 Å². The van der Waals surface area contributed by atoms with Gasteiger partial charge in [0.15, 0.2) is 5.78 Å². The van der Waals surface area contributed by atoms with E-state index in [4.69, 9.17) is 4.42 Å². The Labute approximate surface area is 165 Å². The number of furan rings is 1. The van der Waals surface area contributed by atoms with E-state index in [0.717, 1.165) is 16.0 Å². The van der Waals surface area contributed by atoms with E-state index in [9.17, 15) is 14.4 Å². The molecule has 2 aromatic rings. The zero-order valence-corrected chi connectivity index (χ0v) is 17.0. The molecule has 28 heavy (non-hydrogen) atoms. The van der Waals surface area contributed by atoms with Gasteiger partial charge in [-0.15, -0.1) is 0 Å². The van der Waals surface area contributed by atoms with E-state index >= 15 is 0 Å². The Kier molecular flexibility index (Phi) is 5.52. The number of ketones is 2. The number of aryl methyl sites for hydroxylation is 3. The molecule has 2 heterocycles. The minimum atomic E-state index is -1.09. The minimum Gasteiger partial charge on any atom is -0.464 e. The van der Waals surface area contributed by atoms with Crippen LogP contribution in [0.1, 0.15) is 39.0 Å². The fourth-order valence-corrected chi connectivity index (χ4v) is 3.67. The smallest absolute Gasteiger partial charge is 0.291 e.